The molecule has 21 heavy (non-hydrogen) atoms. The van der Waals surface area contributed by atoms with Crippen molar-refractivity contribution in [1.82, 2.24) is 4.31 Å². The highest BCUT2D eigenvalue weighted by Crippen LogP contribution is 2.22. The first-order valence-electron chi connectivity index (χ1n) is 7.44. The summed E-state index contributed by atoms with van der Waals surface area (Å²) in [5.41, 5.74) is 2.17. The van der Waals surface area contributed by atoms with Crippen LogP contribution >= 0.6 is 0 Å². The van der Waals surface area contributed by atoms with E-state index in [2.05, 4.69) is 19.1 Å². The van der Waals surface area contributed by atoms with Crippen LogP contribution in [-0.4, -0.2) is 26.4 Å². The third-order valence-electron chi connectivity index (χ3n) is 3.76. The molecule has 1 heterocycles. The molecule has 0 spiro atoms. The predicted octanol–water partition coefficient (Wildman–Crippen LogP) is 4.15. The molecule has 0 amide bonds. The Morgan fingerprint density at radius 1 is 1.29 bits per heavy atom. The Morgan fingerprint density at radius 2 is 2.00 bits per heavy atom. The number of nitrogens with zero attached hydrogens (tertiary/aromatic N) is 1. The van der Waals surface area contributed by atoms with E-state index < -0.39 is 11.0 Å². The van der Waals surface area contributed by atoms with Crippen molar-refractivity contribution in [3.63, 3.8) is 0 Å². The summed E-state index contributed by atoms with van der Waals surface area (Å²) in [5.74, 6) is 0. The molecule has 0 fully saturated rings. The average Bonchev–Trinajstić information content (AvgIpc) is 2.89. The lowest BCUT2D eigenvalue weighted by atomic mass is 10.0. The molecule has 116 valence electrons. The number of furan rings is 1. The van der Waals surface area contributed by atoms with Crippen LogP contribution in [0.4, 0.5) is 0 Å². The summed E-state index contributed by atoms with van der Waals surface area (Å²) in [6.07, 6.45) is 3.59. The van der Waals surface area contributed by atoms with Gasteiger partial charge < -0.3 is 4.42 Å². The Morgan fingerprint density at radius 3 is 2.62 bits per heavy atom. The van der Waals surface area contributed by atoms with Crippen LogP contribution in [0.5, 0.6) is 0 Å². The van der Waals surface area contributed by atoms with Crippen molar-refractivity contribution in [3.05, 3.63) is 36.1 Å². The summed E-state index contributed by atoms with van der Waals surface area (Å²) in [4.78, 5) is 0. The first kappa shape index (κ1) is 16.2. The highest BCUT2D eigenvalue weighted by atomic mass is 32.2. The topological polar surface area (TPSA) is 33.5 Å². The Labute approximate surface area is 129 Å². The fraction of sp³-hybridized carbons (Fsp3) is 0.529. The largest absolute Gasteiger partial charge is 0.464 e. The van der Waals surface area contributed by atoms with Gasteiger partial charge in [-0.05, 0) is 57.4 Å². The van der Waals surface area contributed by atoms with Crippen molar-refractivity contribution in [1.29, 1.82) is 0 Å². The lowest BCUT2D eigenvalue weighted by Gasteiger charge is -2.31. The molecular weight excluding hydrogens is 282 g/mol. The van der Waals surface area contributed by atoms with Gasteiger partial charge in [0.25, 0.3) is 0 Å². The van der Waals surface area contributed by atoms with Gasteiger partial charge >= 0.3 is 0 Å². The molecule has 0 radical (unpaired) electrons. The highest BCUT2D eigenvalue weighted by Gasteiger charge is 2.28. The first-order valence-corrected chi connectivity index (χ1v) is 8.54. The van der Waals surface area contributed by atoms with Crippen molar-refractivity contribution in [2.75, 3.05) is 7.05 Å². The smallest absolute Gasteiger partial charge is 0.133 e. The Hall–Kier alpha value is -1.13. The second-order valence-electron chi connectivity index (χ2n) is 6.47. The van der Waals surface area contributed by atoms with Gasteiger partial charge in [0.15, 0.2) is 0 Å². The quantitative estimate of drug-likeness (QED) is 0.831. The van der Waals surface area contributed by atoms with Crippen molar-refractivity contribution < 1.29 is 8.63 Å². The van der Waals surface area contributed by atoms with Crippen LogP contribution in [0.3, 0.4) is 0 Å². The van der Waals surface area contributed by atoms with Gasteiger partial charge in [-0.1, -0.05) is 13.0 Å². The summed E-state index contributed by atoms with van der Waals surface area (Å²) in [6, 6.07) is 8.53. The van der Waals surface area contributed by atoms with E-state index in [-0.39, 0.29) is 10.8 Å². The zero-order valence-electron chi connectivity index (χ0n) is 13.6. The van der Waals surface area contributed by atoms with Gasteiger partial charge in [-0.2, -0.15) is 0 Å². The highest BCUT2D eigenvalue weighted by molar-refractivity contribution is 7.84. The molecule has 2 atom stereocenters. The van der Waals surface area contributed by atoms with E-state index in [4.69, 9.17) is 4.42 Å². The van der Waals surface area contributed by atoms with Crippen molar-refractivity contribution in [3.8, 4) is 0 Å². The third kappa shape index (κ3) is 3.74. The van der Waals surface area contributed by atoms with Gasteiger partial charge in [0.1, 0.15) is 5.58 Å². The van der Waals surface area contributed by atoms with Crippen LogP contribution in [-0.2, 0) is 17.4 Å². The molecule has 0 unspecified atom stereocenters. The maximum absolute atomic E-state index is 12.5. The fourth-order valence-electron chi connectivity index (χ4n) is 2.51. The first-order chi connectivity index (χ1) is 9.82. The van der Waals surface area contributed by atoms with E-state index in [1.807, 2.05) is 44.3 Å². The maximum atomic E-state index is 12.5. The third-order valence-corrected chi connectivity index (χ3v) is 5.63. The minimum absolute atomic E-state index is 0.226. The maximum Gasteiger partial charge on any atom is 0.133 e. The molecule has 4 heteroatoms. The molecule has 1 aromatic heterocycles. The molecule has 0 aliphatic rings. The molecule has 0 bridgehead atoms. The summed E-state index contributed by atoms with van der Waals surface area (Å²) < 4.78 is 19.7. The van der Waals surface area contributed by atoms with E-state index in [1.165, 1.54) is 5.56 Å². The van der Waals surface area contributed by atoms with Gasteiger partial charge in [-0.3, -0.25) is 0 Å². The second kappa shape index (κ2) is 6.32. The second-order valence-corrected chi connectivity index (χ2v) is 8.77. The van der Waals surface area contributed by atoms with E-state index in [0.717, 1.165) is 23.8 Å². The van der Waals surface area contributed by atoms with Gasteiger partial charge in [0.2, 0.25) is 0 Å². The predicted molar refractivity (Wildman–Crippen MR) is 89.7 cm³/mol. The molecule has 0 aliphatic heterocycles. The number of hydrogen-bond donors (Lipinski definition) is 0. The minimum Gasteiger partial charge on any atom is -0.464 e. The zero-order valence-corrected chi connectivity index (χ0v) is 14.4. The molecule has 0 N–H and O–H groups in total. The number of benzene rings is 1. The fourth-order valence-corrected chi connectivity index (χ4v) is 3.87. The van der Waals surface area contributed by atoms with E-state index in [1.54, 1.807) is 6.26 Å². The average molecular weight is 307 g/mol. The summed E-state index contributed by atoms with van der Waals surface area (Å²) in [5, 5.41) is 1.13. The lowest BCUT2D eigenvalue weighted by Crippen LogP contribution is -2.42. The monoisotopic (exact) mass is 307 g/mol. The van der Waals surface area contributed by atoms with Crippen molar-refractivity contribution in [2.45, 2.75) is 51.3 Å². The summed E-state index contributed by atoms with van der Waals surface area (Å²) >= 11 is 0. The van der Waals surface area contributed by atoms with Crippen LogP contribution in [0.15, 0.2) is 34.9 Å². The molecular formula is C17H25NO2S. The molecule has 0 saturated heterocycles. The standard InChI is InChI=1S/C17H25NO2S/c1-6-15(18(5)21(19)17(2,3)4)12-13-7-8-16-14(11-13)9-10-20-16/h7-11,15H,6,12H2,1-5H3/t15-,21-/m1/s1. The molecule has 2 rings (SSSR count). The number of likely N-dealkylation sites (N-methyl/N-ethyl adjacent to an activating group) is 1. The molecule has 2 aromatic rings. The van der Waals surface area contributed by atoms with Crippen molar-refractivity contribution in [2.24, 2.45) is 0 Å². The van der Waals surface area contributed by atoms with Gasteiger partial charge in [0, 0.05) is 18.5 Å². The minimum atomic E-state index is -0.990. The number of rotatable bonds is 5. The van der Waals surface area contributed by atoms with Crippen molar-refractivity contribution >= 4 is 22.0 Å². The molecule has 0 saturated carbocycles. The van der Waals surface area contributed by atoms with Crippen LogP contribution in [0.1, 0.15) is 39.7 Å². The van der Waals surface area contributed by atoms with Crippen LogP contribution < -0.4 is 0 Å². The van der Waals surface area contributed by atoms with Gasteiger partial charge in [0.05, 0.1) is 22.0 Å². The number of hydrogen-bond acceptors (Lipinski definition) is 2. The lowest BCUT2D eigenvalue weighted by molar-refractivity contribution is 0.369. The van der Waals surface area contributed by atoms with Crippen LogP contribution in [0, 0.1) is 0 Å². The Balaban J connectivity index is 2.16. The molecule has 0 aliphatic carbocycles. The number of fused-ring (bicyclic) bond motifs is 1. The Kier molecular flexibility index (Phi) is 4.89. The van der Waals surface area contributed by atoms with E-state index >= 15 is 0 Å². The molecule has 1 aromatic carbocycles. The summed E-state index contributed by atoms with van der Waals surface area (Å²) in [7, 11) is 0.974. The summed E-state index contributed by atoms with van der Waals surface area (Å²) in [6.45, 7) is 8.20. The van der Waals surface area contributed by atoms with E-state index in [0.29, 0.717) is 0 Å². The zero-order chi connectivity index (χ0) is 15.6. The van der Waals surface area contributed by atoms with Gasteiger partial charge in [-0.15, -0.1) is 0 Å². The normalized spacial score (nSPS) is 15.5. The Bertz CT molecular complexity index is 627. The van der Waals surface area contributed by atoms with Gasteiger partial charge in [-0.25, -0.2) is 8.51 Å². The SMILES string of the molecule is CC[C@H](Cc1ccc2occc2c1)N(C)[S@](=O)C(C)(C)C. The van der Waals surface area contributed by atoms with Crippen LogP contribution in [0.25, 0.3) is 11.0 Å². The van der Waals surface area contributed by atoms with Crippen LogP contribution in [0.2, 0.25) is 0 Å². The molecule has 3 nitrogen and oxygen atoms in total. The van der Waals surface area contributed by atoms with E-state index in [9.17, 15) is 4.21 Å².